The first-order valence-electron chi connectivity index (χ1n) is 12.3. The number of nitrogens with zero attached hydrogens (tertiary/aromatic N) is 2. The van der Waals surface area contributed by atoms with Gasteiger partial charge < -0.3 is 10.2 Å². The number of benzene rings is 3. The third-order valence-corrected chi connectivity index (χ3v) is 8.37. The molecule has 2 amide bonds. The fraction of sp³-hybridized carbons (Fsp3) is 0.286. The first kappa shape index (κ1) is 30.9. The fourth-order valence-corrected chi connectivity index (χ4v) is 5.78. The lowest BCUT2D eigenvalue weighted by molar-refractivity contribution is -0.140. The number of sulfonamides is 1. The predicted molar refractivity (Wildman–Crippen MR) is 161 cm³/mol. The second kappa shape index (κ2) is 14.2. The van der Waals surface area contributed by atoms with Crippen molar-refractivity contribution in [2.45, 2.75) is 32.4 Å². The van der Waals surface area contributed by atoms with Crippen molar-refractivity contribution in [3.63, 3.8) is 0 Å². The largest absolute Gasteiger partial charge is 0.354 e. The van der Waals surface area contributed by atoms with Gasteiger partial charge in [0.25, 0.3) is 0 Å². The van der Waals surface area contributed by atoms with Gasteiger partial charge in [-0.2, -0.15) is 0 Å². The van der Waals surface area contributed by atoms with Crippen molar-refractivity contribution in [2.24, 2.45) is 0 Å². The zero-order valence-electron chi connectivity index (χ0n) is 21.6. The lowest BCUT2D eigenvalue weighted by Gasteiger charge is -2.33. The molecule has 0 aromatic heterocycles. The lowest BCUT2D eigenvalue weighted by atomic mass is 10.0. The van der Waals surface area contributed by atoms with Crippen LogP contribution in [0.5, 0.6) is 0 Å². The quantitative estimate of drug-likeness (QED) is 0.272. The molecule has 1 N–H and O–H groups in total. The van der Waals surface area contributed by atoms with Crippen LogP contribution in [0.15, 0.2) is 77.3 Å². The summed E-state index contributed by atoms with van der Waals surface area (Å²) >= 11 is 16.0. The molecule has 1 atom stereocenters. The van der Waals surface area contributed by atoms with Gasteiger partial charge in [-0.25, -0.2) is 8.42 Å². The van der Waals surface area contributed by atoms with Crippen LogP contribution in [0, 0.1) is 0 Å². The Bertz CT molecular complexity index is 1410. The summed E-state index contributed by atoms with van der Waals surface area (Å²) in [6.45, 7) is 1.89. The maximum Gasteiger partial charge on any atom is 0.244 e. The van der Waals surface area contributed by atoms with Crippen LogP contribution in [0.25, 0.3) is 0 Å². The van der Waals surface area contributed by atoms with E-state index in [9.17, 15) is 18.0 Å². The van der Waals surface area contributed by atoms with Gasteiger partial charge in [-0.3, -0.25) is 13.9 Å². The molecule has 0 spiro atoms. The summed E-state index contributed by atoms with van der Waals surface area (Å²) in [5, 5.41) is 3.07. The summed E-state index contributed by atoms with van der Waals surface area (Å²) in [6, 6.07) is 20.4. The van der Waals surface area contributed by atoms with Crippen LogP contribution in [0.3, 0.4) is 0 Å². The molecule has 39 heavy (non-hydrogen) atoms. The van der Waals surface area contributed by atoms with Crippen molar-refractivity contribution in [3.8, 4) is 0 Å². The Morgan fingerprint density at radius 3 is 2.28 bits per heavy atom. The van der Waals surface area contributed by atoms with Gasteiger partial charge in [-0.05, 0) is 41.8 Å². The van der Waals surface area contributed by atoms with E-state index in [1.165, 1.54) is 17.0 Å². The maximum absolute atomic E-state index is 14.0. The highest BCUT2D eigenvalue weighted by atomic mass is 79.9. The summed E-state index contributed by atoms with van der Waals surface area (Å²) in [7, 11) is -3.95. The van der Waals surface area contributed by atoms with Crippen LogP contribution in [0.1, 0.15) is 24.5 Å². The smallest absolute Gasteiger partial charge is 0.244 e. The van der Waals surface area contributed by atoms with E-state index in [1.807, 2.05) is 61.5 Å². The Morgan fingerprint density at radius 2 is 1.64 bits per heavy atom. The lowest BCUT2D eigenvalue weighted by Crippen LogP contribution is -2.53. The molecule has 0 aliphatic carbocycles. The Hall–Kier alpha value is -2.59. The van der Waals surface area contributed by atoms with Crippen molar-refractivity contribution in [1.82, 2.24) is 10.2 Å². The third-order valence-electron chi connectivity index (χ3n) is 5.94. The minimum Gasteiger partial charge on any atom is -0.354 e. The number of anilines is 1. The Morgan fingerprint density at radius 1 is 0.974 bits per heavy atom. The zero-order valence-corrected chi connectivity index (χ0v) is 25.5. The molecule has 0 heterocycles. The zero-order chi connectivity index (χ0) is 28.6. The molecule has 3 rings (SSSR count). The van der Waals surface area contributed by atoms with E-state index in [4.69, 9.17) is 23.2 Å². The number of halogens is 3. The third kappa shape index (κ3) is 8.70. The van der Waals surface area contributed by atoms with E-state index in [1.54, 1.807) is 6.07 Å². The molecule has 11 heteroatoms. The summed E-state index contributed by atoms with van der Waals surface area (Å²) in [5.74, 6) is -0.889. The number of hydrogen-bond acceptors (Lipinski definition) is 4. The molecule has 208 valence electrons. The SMILES string of the molecule is CCCNC(=O)[C@@H](Cc1ccccc1)N(Cc1cccc(Br)c1)C(=O)CN(c1cccc(Cl)c1Cl)S(C)(=O)=O. The minimum atomic E-state index is -3.95. The summed E-state index contributed by atoms with van der Waals surface area (Å²) < 4.78 is 27.4. The monoisotopic (exact) mass is 653 g/mol. The average Bonchev–Trinajstić information content (AvgIpc) is 2.89. The second-order valence-corrected chi connectivity index (χ2v) is 12.6. The van der Waals surface area contributed by atoms with Gasteiger partial charge in [0.1, 0.15) is 12.6 Å². The molecule has 7 nitrogen and oxygen atoms in total. The van der Waals surface area contributed by atoms with Gasteiger partial charge in [0, 0.05) is 24.0 Å². The van der Waals surface area contributed by atoms with Gasteiger partial charge in [-0.1, -0.05) is 94.6 Å². The van der Waals surface area contributed by atoms with E-state index in [2.05, 4.69) is 21.2 Å². The standard InChI is InChI=1S/C28H30BrCl2N3O4S/c1-3-15-32-28(36)25(17-20-9-5-4-6-10-20)33(18-21-11-7-12-22(29)16-21)26(35)19-34(39(2,37)38)24-14-8-13-23(30)27(24)31/h4-14,16,25H,3,15,17-19H2,1-2H3,(H,32,36)/t25-/m1/s1. The van der Waals surface area contributed by atoms with Crippen molar-refractivity contribution in [3.05, 3.63) is 98.4 Å². The van der Waals surface area contributed by atoms with Gasteiger partial charge in [-0.15, -0.1) is 0 Å². The summed E-state index contributed by atoms with van der Waals surface area (Å²) in [4.78, 5) is 28.9. The number of carbonyl (C=O) groups excluding carboxylic acids is 2. The van der Waals surface area contributed by atoms with Gasteiger partial charge in [0.2, 0.25) is 21.8 Å². The van der Waals surface area contributed by atoms with Crippen LogP contribution in [-0.4, -0.2) is 50.5 Å². The molecule has 0 fully saturated rings. The number of hydrogen-bond donors (Lipinski definition) is 1. The van der Waals surface area contributed by atoms with Crippen molar-refractivity contribution in [2.75, 3.05) is 23.7 Å². The van der Waals surface area contributed by atoms with Crippen LogP contribution >= 0.6 is 39.1 Å². The fourth-order valence-electron chi connectivity index (χ4n) is 4.03. The van der Waals surface area contributed by atoms with Gasteiger partial charge in [0.15, 0.2) is 0 Å². The van der Waals surface area contributed by atoms with E-state index in [0.717, 1.165) is 32.6 Å². The minimum absolute atomic E-state index is 0.0115. The molecule has 0 bridgehead atoms. The van der Waals surface area contributed by atoms with E-state index in [0.29, 0.717) is 6.54 Å². The first-order valence-corrected chi connectivity index (χ1v) is 15.7. The number of carbonyl (C=O) groups is 2. The van der Waals surface area contributed by atoms with Crippen molar-refractivity contribution < 1.29 is 18.0 Å². The molecule has 0 radical (unpaired) electrons. The molecule has 3 aromatic carbocycles. The van der Waals surface area contributed by atoms with Crippen LogP contribution in [0.2, 0.25) is 10.0 Å². The van der Waals surface area contributed by atoms with Gasteiger partial charge >= 0.3 is 0 Å². The number of amides is 2. The molecular formula is C28H30BrCl2N3O4S. The molecule has 0 aliphatic heterocycles. The number of rotatable bonds is 12. The van der Waals surface area contributed by atoms with Crippen molar-refractivity contribution >= 4 is 66.7 Å². The average molecular weight is 655 g/mol. The normalized spacial score (nSPS) is 12.0. The summed E-state index contributed by atoms with van der Waals surface area (Å²) in [5.41, 5.74) is 1.71. The highest BCUT2D eigenvalue weighted by Gasteiger charge is 2.33. The highest BCUT2D eigenvalue weighted by molar-refractivity contribution is 9.10. The topological polar surface area (TPSA) is 86.8 Å². The molecular weight excluding hydrogens is 625 g/mol. The molecule has 0 aliphatic rings. The Labute approximate surface area is 248 Å². The maximum atomic E-state index is 14.0. The van der Waals surface area contributed by atoms with Crippen LogP contribution < -0.4 is 9.62 Å². The first-order chi connectivity index (χ1) is 18.5. The second-order valence-electron chi connectivity index (χ2n) is 8.99. The molecule has 0 unspecified atom stereocenters. The van der Waals surface area contributed by atoms with Gasteiger partial charge in [0.05, 0.1) is 22.0 Å². The van der Waals surface area contributed by atoms with Crippen LogP contribution in [0.4, 0.5) is 5.69 Å². The Balaban J connectivity index is 2.07. The molecule has 3 aromatic rings. The van der Waals surface area contributed by atoms with Crippen molar-refractivity contribution in [1.29, 1.82) is 0 Å². The van der Waals surface area contributed by atoms with E-state index < -0.39 is 28.5 Å². The summed E-state index contributed by atoms with van der Waals surface area (Å²) in [6.07, 6.45) is 1.96. The van der Waals surface area contributed by atoms with E-state index in [-0.39, 0.29) is 34.6 Å². The van der Waals surface area contributed by atoms with E-state index >= 15 is 0 Å². The molecule has 0 saturated heterocycles. The predicted octanol–water partition coefficient (Wildman–Crippen LogP) is 5.69. The highest BCUT2D eigenvalue weighted by Crippen LogP contribution is 2.34. The van der Waals surface area contributed by atoms with Crippen LogP contribution in [-0.2, 0) is 32.6 Å². The molecule has 0 saturated carbocycles. The number of nitrogens with one attached hydrogen (secondary N) is 1. The Kier molecular flexibility index (Phi) is 11.2.